The summed E-state index contributed by atoms with van der Waals surface area (Å²) in [6.45, 7) is 0. The summed E-state index contributed by atoms with van der Waals surface area (Å²) in [4.78, 5) is 15.8. The fourth-order valence-corrected chi connectivity index (χ4v) is 1.97. The zero-order valence-electron chi connectivity index (χ0n) is 8.95. The van der Waals surface area contributed by atoms with E-state index in [9.17, 15) is 4.79 Å². The Morgan fingerprint density at radius 1 is 1.11 bits per heavy atom. The number of halogens is 3. The van der Waals surface area contributed by atoms with Crippen LogP contribution in [0.2, 0.25) is 15.1 Å². The predicted molar refractivity (Wildman–Crippen MR) is 73.7 cm³/mol. The van der Waals surface area contributed by atoms with Crippen LogP contribution in [0, 0.1) is 0 Å². The average molecular weight is 302 g/mol. The highest BCUT2D eigenvalue weighted by Gasteiger charge is 2.12. The van der Waals surface area contributed by atoms with Gasteiger partial charge in [-0.05, 0) is 24.3 Å². The molecule has 0 saturated heterocycles. The molecule has 0 aliphatic rings. The molecule has 0 spiro atoms. The number of pyridine rings is 1. The minimum Gasteiger partial charge on any atom is -0.321 e. The van der Waals surface area contributed by atoms with E-state index in [1.54, 1.807) is 24.3 Å². The molecule has 92 valence electrons. The summed E-state index contributed by atoms with van der Waals surface area (Å²) in [6, 6.07) is 6.34. The number of aromatic nitrogens is 1. The Bertz CT molecular complexity index is 602. The fraction of sp³-hybridized carbons (Fsp3) is 0. The molecule has 18 heavy (non-hydrogen) atoms. The molecule has 6 heteroatoms. The predicted octanol–water partition coefficient (Wildman–Crippen LogP) is 4.29. The lowest BCUT2D eigenvalue weighted by Gasteiger charge is -2.08. The molecule has 0 bridgehead atoms. The molecule has 1 aromatic carbocycles. The SMILES string of the molecule is O=C(Nc1ccc(Cl)cc1Cl)c1cnccc1Cl. The Morgan fingerprint density at radius 3 is 2.56 bits per heavy atom. The van der Waals surface area contributed by atoms with Gasteiger partial charge in [0.1, 0.15) is 0 Å². The number of benzene rings is 1. The van der Waals surface area contributed by atoms with E-state index < -0.39 is 0 Å². The van der Waals surface area contributed by atoms with Crippen LogP contribution in [0.4, 0.5) is 5.69 Å². The number of carbonyl (C=O) groups excluding carboxylic acids is 1. The van der Waals surface area contributed by atoms with Crippen LogP contribution >= 0.6 is 34.8 Å². The maximum absolute atomic E-state index is 11.9. The standard InChI is InChI=1S/C12H7Cl3N2O/c13-7-1-2-11(10(15)5-7)17-12(18)8-6-16-4-3-9(8)14/h1-6H,(H,17,18). The number of nitrogens with one attached hydrogen (secondary N) is 1. The smallest absolute Gasteiger partial charge is 0.258 e. The molecule has 1 aromatic heterocycles. The van der Waals surface area contributed by atoms with Gasteiger partial charge in [0.25, 0.3) is 5.91 Å². The first-order chi connectivity index (χ1) is 8.58. The largest absolute Gasteiger partial charge is 0.321 e. The lowest BCUT2D eigenvalue weighted by atomic mass is 10.2. The molecule has 3 nitrogen and oxygen atoms in total. The highest BCUT2D eigenvalue weighted by atomic mass is 35.5. The summed E-state index contributed by atoms with van der Waals surface area (Å²) in [5.41, 5.74) is 0.746. The Hall–Kier alpha value is -1.29. The first kappa shape index (κ1) is 13.1. The summed E-state index contributed by atoms with van der Waals surface area (Å²) in [5.74, 6) is -0.377. The number of carbonyl (C=O) groups is 1. The van der Waals surface area contributed by atoms with Crippen LogP contribution < -0.4 is 5.32 Å². The summed E-state index contributed by atoms with van der Waals surface area (Å²) < 4.78 is 0. The number of amides is 1. The molecule has 1 N–H and O–H groups in total. The molecule has 0 aliphatic carbocycles. The maximum Gasteiger partial charge on any atom is 0.258 e. The number of nitrogens with zero attached hydrogens (tertiary/aromatic N) is 1. The Labute approximate surface area is 119 Å². The first-order valence-corrected chi connectivity index (χ1v) is 6.07. The van der Waals surface area contributed by atoms with E-state index in [0.29, 0.717) is 20.8 Å². The zero-order chi connectivity index (χ0) is 13.1. The van der Waals surface area contributed by atoms with E-state index in [1.165, 1.54) is 12.4 Å². The van der Waals surface area contributed by atoms with Crippen molar-refractivity contribution >= 4 is 46.4 Å². The Kier molecular flexibility index (Phi) is 4.07. The normalized spacial score (nSPS) is 10.2. The van der Waals surface area contributed by atoms with Gasteiger partial charge in [-0.15, -0.1) is 0 Å². The van der Waals surface area contributed by atoms with Crippen LogP contribution in [0.15, 0.2) is 36.7 Å². The van der Waals surface area contributed by atoms with Gasteiger partial charge in [-0.2, -0.15) is 0 Å². The van der Waals surface area contributed by atoms with E-state index in [-0.39, 0.29) is 11.5 Å². The van der Waals surface area contributed by atoms with Crippen molar-refractivity contribution in [3.8, 4) is 0 Å². The van der Waals surface area contributed by atoms with E-state index in [1.807, 2.05) is 0 Å². The van der Waals surface area contributed by atoms with Gasteiger partial charge in [-0.1, -0.05) is 34.8 Å². The van der Waals surface area contributed by atoms with Crippen molar-refractivity contribution in [2.24, 2.45) is 0 Å². The Balaban J connectivity index is 2.24. The van der Waals surface area contributed by atoms with E-state index in [0.717, 1.165) is 0 Å². The third-order valence-corrected chi connectivity index (χ3v) is 3.07. The van der Waals surface area contributed by atoms with Crippen molar-refractivity contribution in [3.63, 3.8) is 0 Å². The second-order valence-corrected chi connectivity index (χ2v) is 4.68. The topological polar surface area (TPSA) is 42.0 Å². The molecule has 0 atom stereocenters. The third-order valence-electron chi connectivity index (χ3n) is 2.19. The van der Waals surface area contributed by atoms with Gasteiger partial charge in [-0.3, -0.25) is 9.78 Å². The van der Waals surface area contributed by atoms with E-state index >= 15 is 0 Å². The second kappa shape index (κ2) is 5.57. The van der Waals surface area contributed by atoms with Gasteiger partial charge in [0.05, 0.1) is 21.3 Å². The fourth-order valence-electron chi connectivity index (χ4n) is 1.33. The molecule has 2 aromatic rings. The van der Waals surface area contributed by atoms with E-state index in [2.05, 4.69) is 10.3 Å². The monoisotopic (exact) mass is 300 g/mol. The summed E-state index contributed by atoms with van der Waals surface area (Å²) >= 11 is 17.6. The molecule has 0 saturated carbocycles. The number of hydrogen-bond acceptors (Lipinski definition) is 2. The minimum atomic E-state index is -0.377. The van der Waals surface area contributed by atoms with Gasteiger partial charge >= 0.3 is 0 Å². The van der Waals surface area contributed by atoms with Crippen molar-refractivity contribution in [1.82, 2.24) is 4.98 Å². The van der Waals surface area contributed by atoms with E-state index in [4.69, 9.17) is 34.8 Å². The molecule has 0 aliphatic heterocycles. The Morgan fingerprint density at radius 2 is 1.89 bits per heavy atom. The molecule has 0 radical (unpaired) electrons. The molecular formula is C12H7Cl3N2O. The van der Waals surface area contributed by atoms with Crippen LogP contribution in [0.5, 0.6) is 0 Å². The lowest BCUT2D eigenvalue weighted by molar-refractivity contribution is 0.102. The van der Waals surface area contributed by atoms with Crippen molar-refractivity contribution in [1.29, 1.82) is 0 Å². The van der Waals surface area contributed by atoms with Crippen LogP contribution in [0.25, 0.3) is 0 Å². The molecule has 0 fully saturated rings. The first-order valence-electron chi connectivity index (χ1n) is 4.94. The zero-order valence-corrected chi connectivity index (χ0v) is 11.2. The summed E-state index contributed by atoms with van der Waals surface area (Å²) in [7, 11) is 0. The molecule has 1 heterocycles. The average Bonchev–Trinajstić information content (AvgIpc) is 2.33. The van der Waals surface area contributed by atoms with Crippen molar-refractivity contribution < 1.29 is 4.79 Å². The lowest BCUT2D eigenvalue weighted by Crippen LogP contribution is -2.13. The van der Waals surface area contributed by atoms with Crippen LogP contribution in [0.1, 0.15) is 10.4 Å². The molecule has 1 amide bonds. The van der Waals surface area contributed by atoms with Gasteiger partial charge in [-0.25, -0.2) is 0 Å². The quantitative estimate of drug-likeness (QED) is 0.899. The number of hydrogen-bond donors (Lipinski definition) is 1. The van der Waals surface area contributed by atoms with Crippen molar-refractivity contribution in [3.05, 3.63) is 57.3 Å². The van der Waals surface area contributed by atoms with Crippen LogP contribution in [0.3, 0.4) is 0 Å². The molecule has 2 rings (SSSR count). The third kappa shape index (κ3) is 2.93. The number of anilines is 1. The van der Waals surface area contributed by atoms with Crippen LogP contribution in [-0.4, -0.2) is 10.9 Å². The van der Waals surface area contributed by atoms with Crippen molar-refractivity contribution in [2.75, 3.05) is 5.32 Å². The highest BCUT2D eigenvalue weighted by molar-refractivity contribution is 6.37. The maximum atomic E-state index is 11.9. The summed E-state index contributed by atoms with van der Waals surface area (Å²) in [5, 5.41) is 3.82. The second-order valence-electron chi connectivity index (χ2n) is 3.43. The number of rotatable bonds is 2. The molecule has 0 unspecified atom stereocenters. The molecular weight excluding hydrogens is 295 g/mol. The summed E-state index contributed by atoms with van der Waals surface area (Å²) in [6.07, 6.45) is 2.90. The minimum absolute atomic E-state index is 0.283. The van der Waals surface area contributed by atoms with Gasteiger partial charge in [0.15, 0.2) is 0 Å². The van der Waals surface area contributed by atoms with Gasteiger partial charge in [0.2, 0.25) is 0 Å². The highest BCUT2D eigenvalue weighted by Crippen LogP contribution is 2.26. The van der Waals surface area contributed by atoms with Crippen molar-refractivity contribution in [2.45, 2.75) is 0 Å². The van der Waals surface area contributed by atoms with Gasteiger partial charge in [0, 0.05) is 17.4 Å². The van der Waals surface area contributed by atoms with Gasteiger partial charge < -0.3 is 5.32 Å². The van der Waals surface area contributed by atoms with Crippen LogP contribution in [-0.2, 0) is 0 Å².